The van der Waals surface area contributed by atoms with E-state index in [9.17, 15) is 4.79 Å². The number of hydrogen-bond donors (Lipinski definition) is 2. The highest BCUT2D eigenvalue weighted by Gasteiger charge is 2.11. The van der Waals surface area contributed by atoms with Crippen LogP contribution in [0.5, 0.6) is 0 Å². The molecule has 3 N–H and O–H groups in total. The molecule has 0 bridgehead atoms. The summed E-state index contributed by atoms with van der Waals surface area (Å²) in [5.41, 5.74) is 7.47. The molecule has 0 saturated carbocycles. The van der Waals surface area contributed by atoms with Crippen LogP contribution in [0.4, 0.5) is 0 Å². The lowest BCUT2D eigenvalue weighted by atomic mass is 10.2. The van der Waals surface area contributed by atoms with Gasteiger partial charge in [-0.2, -0.15) is 0 Å². The molecule has 72 valence electrons. The standard InChI is InChI=1S/C9H14N2O2/c1-6-5-8(9(10)13)7(2)11(6)3-4-12/h5,12H,3-4H2,1-2H3,(H2,10,13). The quantitative estimate of drug-likeness (QED) is 0.701. The van der Waals surface area contributed by atoms with Gasteiger partial charge in [-0.1, -0.05) is 0 Å². The van der Waals surface area contributed by atoms with Gasteiger partial charge in [0.2, 0.25) is 0 Å². The van der Waals surface area contributed by atoms with Crippen LogP contribution in [0.3, 0.4) is 0 Å². The third-order valence-electron chi connectivity index (χ3n) is 2.16. The predicted octanol–water partition coefficient (Wildman–Crippen LogP) is 0.196. The Kier molecular flexibility index (Phi) is 2.72. The molecule has 1 aromatic heterocycles. The zero-order valence-corrected chi connectivity index (χ0v) is 7.87. The van der Waals surface area contributed by atoms with Crippen molar-refractivity contribution in [3.05, 3.63) is 23.0 Å². The van der Waals surface area contributed by atoms with E-state index < -0.39 is 5.91 Å². The first-order chi connectivity index (χ1) is 6.07. The van der Waals surface area contributed by atoms with Gasteiger partial charge >= 0.3 is 0 Å². The average molecular weight is 182 g/mol. The molecule has 1 amide bonds. The van der Waals surface area contributed by atoms with E-state index in [-0.39, 0.29) is 6.61 Å². The molecule has 4 heteroatoms. The summed E-state index contributed by atoms with van der Waals surface area (Å²) in [5.74, 6) is -0.419. The monoisotopic (exact) mass is 182 g/mol. The van der Waals surface area contributed by atoms with Crippen molar-refractivity contribution in [2.75, 3.05) is 6.61 Å². The van der Waals surface area contributed by atoms with E-state index in [1.807, 2.05) is 18.4 Å². The van der Waals surface area contributed by atoms with Crippen molar-refractivity contribution in [3.63, 3.8) is 0 Å². The number of hydrogen-bond acceptors (Lipinski definition) is 2. The molecular formula is C9H14N2O2. The minimum Gasteiger partial charge on any atom is -0.395 e. The van der Waals surface area contributed by atoms with Gasteiger partial charge in [-0.3, -0.25) is 4.79 Å². The van der Waals surface area contributed by atoms with Crippen molar-refractivity contribution in [2.45, 2.75) is 20.4 Å². The van der Waals surface area contributed by atoms with Crippen LogP contribution >= 0.6 is 0 Å². The fourth-order valence-corrected chi connectivity index (χ4v) is 1.49. The summed E-state index contributed by atoms with van der Waals surface area (Å²) >= 11 is 0. The zero-order valence-electron chi connectivity index (χ0n) is 7.87. The van der Waals surface area contributed by atoms with Crippen LogP contribution in [0.1, 0.15) is 21.7 Å². The first-order valence-electron chi connectivity index (χ1n) is 4.15. The van der Waals surface area contributed by atoms with Crippen molar-refractivity contribution < 1.29 is 9.90 Å². The molecule has 4 nitrogen and oxygen atoms in total. The molecular weight excluding hydrogens is 168 g/mol. The third kappa shape index (κ3) is 1.72. The fraction of sp³-hybridized carbons (Fsp3) is 0.444. The number of aliphatic hydroxyl groups excluding tert-OH is 1. The number of amides is 1. The van der Waals surface area contributed by atoms with Gasteiger partial charge in [0.05, 0.1) is 12.2 Å². The van der Waals surface area contributed by atoms with Crippen LogP contribution in [0.25, 0.3) is 0 Å². The highest BCUT2D eigenvalue weighted by atomic mass is 16.3. The Balaban J connectivity index is 3.14. The Morgan fingerprint density at radius 1 is 1.62 bits per heavy atom. The maximum atomic E-state index is 10.9. The van der Waals surface area contributed by atoms with Crippen LogP contribution in [-0.2, 0) is 6.54 Å². The average Bonchev–Trinajstić information content (AvgIpc) is 2.32. The summed E-state index contributed by atoms with van der Waals surface area (Å²) in [6, 6.07) is 1.74. The number of primary amides is 1. The molecule has 0 fully saturated rings. The topological polar surface area (TPSA) is 68.2 Å². The zero-order chi connectivity index (χ0) is 10.0. The van der Waals surface area contributed by atoms with Crippen molar-refractivity contribution in [1.29, 1.82) is 0 Å². The Labute approximate surface area is 77.0 Å². The van der Waals surface area contributed by atoms with Crippen LogP contribution in [0, 0.1) is 13.8 Å². The lowest BCUT2D eigenvalue weighted by molar-refractivity contribution is 0.0999. The SMILES string of the molecule is Cc1cc(C(N)=O)c(C)n1CCO. The van der Waals surface area contributed by atoms with Crippen LogP contribution in [-0.4, -0.2) is 22.2 Å². The van der Waals surface area contributed by atoms with E-state index >= 15 is 0 Å². The maximum Gasteiger partial charge on any atom is 0.250 e. The summed E-state index contributed by atoms with van der Waals surface area (Å²) in [6.07, 6.45) is 0. The number of aromatic nitrogens is 1. The summed E-state index contributed by atoms with van der Waals surface area (Å²) in [6.45, 7) is 4.28. The second kappa shape index (κ2) is 3.62. The van der Waals surface area contributed by atoms with E-state index in [1.54, 1.807) is 6.07 Å². The Morgan fingerprint density at radius 2 is 2.23 bits per heavy atom. The molecule has 1 aromatic rings. The normalized spacial score (nSPS) is 10.4. The molecule has 0 aliphatic heterocycles. The first kappa shape index (κ1) is 9.80. The number of carbonyl (C=O) groups is 1. The maximum absolute atomic E-state index is 10.9. The van der Waals surface area contributed by atoms with Crippen molar-refractivity contribution >= 4 is 5.91 Å². The highest BCUT2D eigenvalue weighted by molar-refractivity contribution is 5.94. The molecule has 1 rings (SSSR count). The molecule has 1 heterocycles. The summed E-state index contributed by atoms with van der Waals surface area (Å²) in [5, 5.41) is 8.78. The fourth-order valence-electron chi connectivity index (χ4n) is 1.49. The Morgan fingerprint density at radius 3 is 2.62 bits per heavy atom. The van der Waals surface area contributed by atoms with E-state index in [2.05, 4.69) is 0 Å². The number of nitrogens with two attached hydrogens (primary N) is 1. The molecule has 0 spiro atoms. The van der Waals surface area contributed by atoms with Crippen LogP contribution in [0.15, 0.2) is 6.07 Å². The number of aliphatic hydroxyl groups is 1. The largest absolute Gasteiger partial charge is 0.395 e. The molecule has 0 unspecified atom stereocenters. The molecule has 0 atom stereocenters. The van der Waals surface area contributed by atoms with Crippen molar-refractivity contribution in [2.24, 2.45) is 5.73 Å². The van der Waals surface area contributed by atoms with E-state index in [0.717, 1.165) is 11.4 Å². The van der Waals surface area contributed by atoms with Gasteiger partial charge in [-0.05, 0) is 19.9 Å². The molecule has 0 aromatic carbocycles. The predicted molar refractivity (Wildman–Crippen MR) is 49.5 cm³/mol. The van der Waals surface area contributed by atoms with Crippen molar-refractivity contribution in [3.8, 4) is 0 Å². The number of nitrogens with zero attached hydrogens (tertiary/aromatic N) is 1. The second-order valence-electron chi connectivity index (χ2n) is 3.02. The van der Waals surface area contributed by atoms with Gasteiger partial charge in [-0.15, -0.1) is 0 Å². The minimum atomic E-state index is -0.419. The minimum absolute atomic E-state index is 0.0640. The summed E-state index contributed by atoms with van der Waals surface area (Å²) in [4.78, 5) is 10.9. The van der Waals surface area contributed by atoms with E-state index in [4.69, 9.17) is 10.8 Å². The van der Waals surface area contributed by atoms with Gasteiger partial charge in [0, 0.05) is 17.9 Å². The first-order valence-corrected chi connectivity index (χ1v) is 4.15. The summed E-state index contributed by atoms with van der Waals surface area (Å²) in [7, 11) is 0. The number of carbonyl (C=O) groups excluding carboxylic acids is 1. The van der Waals surface area contributed by atoms with Gasteiger partial charge in [0.15, 0.2) is 0 Å². The van der Waals surface area contributed by atoms with Gasteiger partial charge in [0.25, 0.3) is 5.91 Å². The lowest BCUT2D eigenvalue weighted by Gasteiger charge is -2.06. The van der Waals surface area contributed by atoms with E-state index in [0.29, 0.717) is 12.1 Å². The Bertz CT molecular complexity index is 329. The smallest absolute Gasteiger partial charge is 0.250 e. The summed E-state index contributed by atoms with van der Waals surface area (Å²) < 4.78 is 1.88. The third-order valence-corrected chi connectivity index (χ3v) is 2.16. The highest BCUT2D eigenvalue weighted by Crippen LogP contribution is 2.13. The molecule has 0 radical (unpaired) electrons. The van der Waals surface area contributed by atoms with Crippen LogP contribution < -0.4 is 5.73 Å². The Hall–Kier alpha value is -1.29. The number of aryl methyl sites for hydroxylation is 1. The lowest BCUT2D eigenvalue weighted by Crippen LogP contribution is -2.13. The molecule has 0 aliphatic carbocycles. The van der Waals surface area contributed by atoms with Gasteiger partial charge < -0.3 is 15.4 Å². The second-order valence-corrected chi connectivity index (χ2v) is 3.02. The molecule has 0 aliphatic rings. The number of rotatable bonds is 3. The van der Waals surface area contributed by atoms with Crippen molar-refractivity contribution in [1.82, 2.24) is 4.57 Å². The van der Waals surface area contributed by atoms with Gasteiger partial charge in [-0.25, -0.2) is 0 Å². The van der Waals surface area contributed by atoms with Crippen LogP contribution in [0.2, 0.25) is 0 Å². The molecule has 0 saturated heterocycles. The van der Waals surface area contributed by atoms with E-state index in [1.165, 1.54) is 0 Å². The molecule has 13 heavy (non-hydrogen) atoms. The van der Waals surface area contributed by atoms with Gasteiger partial charge in [0.1, 0.15) is 0 Å².